The minimum atomic E-state index is -3.96. The Morgan fingerprint density at radius 3 is 2.54 bits per heavy atom. The van der Waals surface area contributed by atoms with Crippen molar-refractivity contribution in [2.75, 3.05) is 28.6 Å². The molecule has 0 bridgehead atoms. The Labute approximate surface area is 213 Å². The van der Waals surface area contributed by atoms with Crippen molar-refractivity contribution in [2.45, 2.75) is 31.0 Å². The average Bonchev–Trinajstić information content (AvgIpc) is 2.83. The van der Waals surface area contributed by atoms with Gasteiger partial charge in [-0.1, -0.05) is 12.1 Å². The monoisotopic (exact) mass is 521 g/mol. The molecule has 1 fully saturated rings. The van der Waals surface area contributed by atoms with E-state index >= 15 is 0 Å². The number of anilines is 5. The molecule has 0 radical (unpaired) electrons. The minimum absolute atomic E-state index is 0.0659. The van der Waals surface area contributed by atoms with Crippen molar-refractivity contribution in [3.63, 3.8) is 0 Å². The van der Waals surface area contributed by atoms with Gasteiger partial charge in [0, 0.05) is 19.3 Å². The molecule has 0 aliphatic carbocycles. The first kappa shape index (κ1) is 24.7. The van der Waals surface area contributed by atoms with Crippen LogP contribution in [0.1, 0.15) is 13.8 Å². The number of morpholine rings is 1. The third-order valence-corrected chi connectivity index (χ3v) is 6.93. The first-order valence-electron chi connectivity index (χ1n) is 11.7. The number of nitrogens with zero attached hydrogens (tertiary/aromatic N) is 3. The van der Waals surface area contributed by atoms with Gasteiger partial charge in [0.15, 0.2) is 0 Å². The fraction of sp³-hybridized carbons (Fsp3) is 0.240. The molecule has 4 heterocycles. The first-order valence-corrected chi connectivity index (χ1v) is 13.3. The van der Waals surface area contributed by atoms with Crippen molar-refractivity contribution in [3.05, 3.63) is 71.3 Å². The Morgan fingerprint density at radius 1 is 1.08 bits per heavy atom. The minimum Gasteiger partial charge on any atom is -0.372 e. The first-order chi connectivity index (χ1) is 17.7. The molecule has 1 aliphatic heterocycles. The summed E-state index contributed by atoms with van der Waals surface area (Å²) in [6.07, 6.45) is 3.44. The molecule has 1 aliphatic rings. The SMILES string of the molecule is C[C@@H]1CN(c2ccc(Nc3nc(Nc4ccccc4S(N)(=O)=O)cc4cc[nH]c(=O)c34)cn2)C[C@H](C)O1. The molecule has 1 saturated heterocycles. The van der Waals surface area contributed by atoms with Crippen molar-refractivity contribution in [3.8, 4) is 0 Å². The van der Waals surface area contributed by atoms with E-state index < -0.39 is 10.0 Å². The number of ether oxygens (including phenoxy) is 1. The van der Waals surface area contributed by atoms with Crippen LogP contribution >= 0.6 is 0 Å². The van der Waals surface area contributed by atoms with E-state index in [4.69, 9.17) is 9.88 Å². The maximum atomic E-state index is 12.7. The van der Waals surface area contributed by atoms with E-state index in [1.165, 1.54) is 12.3 Å². The Hall–Kier alpha value is -4.00. The maximum absolute atomic E-state index is 12.7. The number of pyridine rings is 3. The lowest BCUT2D eigenvalue weighted by atomic mass is 10.2. The summed E-state index contributed by atoms with van der Waals surface area (Å²) >= 11 is 0. The standard InChI is InChI=1S/C25H27N7O4S/c1-15-13-32(14-16(2)36-15)22-8-7-18(12-28-22)29-24-23-17(9-10-27-25(23)33)11-21(31-24)30-19-5-3-4-6-20(19)37(26,34)35/h3-12,15-16H,13-14H2,1-2H3,(H,27,33)(H2,26,34,35)(H2,29,30,31)/t15-,16+. The summed E-state index contributed by atoms with van der Waals surface area (Å²) in [7, 11) is -3.96. The number of sulfonamides is 1. The van der Waals surface area contributed by atoms with Crippen LogP contribution in [-0.4, -0.2) is 48.7 Å². The quantitative estimate of drug-likeness (QED) is 0.299. The normalized spacial score (nSPS) is 18.1. The molecular formula is C25H27N7O4S. The zero-order chi connectivity index (χ0) is 26.2. The Balaban J connectivity index is 1.48. The summed E-state index contributed by atoms with van der Waals surface area (Å²) in [5.41, 5.74) is 0.592. The Bertz CT molecular complexity index is 1600. The maximum Gasteiger partial charge on any atom is 0.259 e. The van der Waals surface area contributed by atoms with E-state index in [-0.39, 0.29) is 34.2 Å². The van der Waals surface area contributed by atoms with Crippen molar-refractivity contribution in [1.82, 2.24) is 15.0 Å². The summed E-state index contributed by atoms with van der Waals surface area (Å²) in [6.45, 7) is 5.57. The van der Waals surface area contributed by atoms with Gasteiger partial charge < -0.3 is 25.3 Å². The zero-order valence-electron chi connectivity index (χ0n) is 20.3. The lowest BCUT2D eigenvalue weighted by Crippen LogP contribution is -2.45. The van der Waals surface area contributed by atoms with Crippen molar-refractivity contribution >= 4 is 49.6 Å². The van der Waals surface area contributed by atoms with Crippen LogP contribution in [0.5, 0.6) is 0 Å². The molecule has 5 rings (SSSR count). The van der Waals surface area contributed by atoms with Gasteiger partial charge in [0.05, 0.1) is 35.2 Å². The second-order valence-corrected chi connectivity index (χ2v) is 10.5. The van der Waals surface area contributed by atoms with Gasteiger partial charge in [-0.05, 0) is 55.6 Å². The summed E-state index contributed by atoms with van der Waals surface area (Å²) < 4.78 is 29.9. The predicted molar refractivity (Wildman–Crippen MR) is 143 cm³/mol. The second kappa shape index (κ2) is 9.81. The highest BCUT2D eigenvalue weighted by atomic mass is 32.2. The van der Waals surface area contributed by atoms with E-state index in [9.17, 15) is 13.2 Å². The van der Waals surface area contributed by atoms with Crippen LogP contribution in [0, 0.1) is 0 Å². The lowest BCUT2D eigenvalue weighted by Gasteiger charge is -2.36. The number of nitrogens with two attached hydrogens (primary N) is 1. The largest absolute Gasteiger partial charge is 0.372 e. The number of hydrogen-bond acceptors (Lipinski definition) is 9. The molecule has 0 unspecified atom stereocenters. The zero-order valence-corrected chi connectivity index (χ0v) is 21.1. The number of primary sulfonamides is 1. The highest BCUT2D eigenvalue weighted by Crippen LogP contribution is 2.29. The van der Waals surface area contributed by atoms with Crippen LogP contribution < -0.4 is 26.2 Å². The molecule has 11 nitrogen and oxygen atoms in total. The molecule has 0 amide bonds. The van der Waals surface area contributed by atoms with Gasteiger partial charge in [0.2, 0.25) is 10.0 Å². The van der Waals surface area contributed by atoms with Gasteiger partial charge in [0.25, 0.3) is 5.56 Å². The lowest BCUT2D eigenvalue weighted by molar-refractivity contribution is -0.00545. The van der Waals surface area contributed by atoms with Gasteiger partial charge in [0.1, 0.15) is 22.3 Å². The highest BCUT2D eigenvalue weighted by Gasteiger charge is 2.23. The number of rotatable bonds is 6. The van der Waals surface area contributed by atoms with Crippen molar-refractivity contribution < 1.29 is 13.2 Å². The topological polar surface area (TPSA) is 155 Å². The summed E-state index contributed by atoms with van der Waals surface area (Å²) in [6, 6.07) is 13.4. The fourth-order valence-electron chi connectivity index (χ4n) is 4.47. The van der Waals surface area contributed by atoms with E-state index in [1.807, 2.05) is 26.0 Å². The molecular weight excluding hydrogens is 494 g/mol. The highest BCUT2D eigenvalue weighted by molar-refractivity contribution is 7.89. The molecule has 4 aromatic rings. The molecule has 0 spiro atoms. The van der Waals surface area contributed by atoms with Crippen LogP contribution in [0.4, 0.5) is 28.8 Å². The van der Waals surface area contributed by atoms with E-state index in [0.29, 0.717) is 22.3 Å². The van der Waals surface area contributed by atoms with Crippen molar-refractivity contribution in [2.24, 2.45) is 5.14 Å². The van der Waals surface area contributed by atoms with Crippen LogP contribution in [-0.2, 0) is 14.8 Å². The van der Waals surface area contributed by atoms with Crippen molar-refractivity contribution in [1.29, 1.82) is 0 Å². The van der Waals surface area contributed by atoms with Crippen LogP contribution in [0.2, 0.25) is 0 Å². The number of benzene rings is 1. The van der Waals surface area contributed by atoms with Crippen LogP contribution in [0.15, 0.2) is 70.6 Å². The second-order valence-electron chi connectivity index (χ2n) is 8.99. The molecule has 12 heteroatoms. The molecule has 0 saturated carbocycles. The molecule has 1 aromatic carbocycles. The molecule has 5 N–H and O–H groups in total. The van der Waals surface area contributed by atoms with Gasteiger partial charge >= 0.3 is 0 Å². The summed E-state index contributed by atoms with van der Waals surface area (Å²) in [5.74, 6) is 1.45. The third kappa shape index (κ3) is 5.40. The smallest absolute Gasteiger partial charge is 0.259 e. The number of hydrogen-bond donors (Lipinski definition) is 4. The summed E-state index contributed by atoms with van der Waals surface area (Å²) in [4.78, 5) is 26.6. The van der Waals surface area contributed by atoms with E-state index in [0.717, 1.165) is 18.9 Å². The Kier molecular flexibility index (Phi) is 6.54. The Morgan fingerprint density at radius 2 is 1.84 bits per heavy atom. The number of nitrogens with one attached hydrogen (secondary N) is 3. The van der Waals surface area contributed by atoms with Crippen LogP contribution in [0.3, 0.4) is 0 Å². The van der Waals surface area contributed by atoms with Crippen LogP contribution in [0.25, 0.3) is 10.8 Å². The fourth-order valence-corrected chi connectivity index (χ4v) is 5.17. The third-order valence-electron chi connectivity index (χ3n) is 5.96. The number of aromatic amines is 1. The van der Waals surface area contributed by atoms with Gasteiger partial charge in [-0.25, -0.2) is 23.5 Å². The summed E-state index contributed by atoms with van der Waals surface area (Å²) in [5, 5.41) is 12.5. The molecule has 192 valence electrons. The average molecular weight is 522 g/mol. The molecule has 2 atom stereocenters. The predicted octanol–water partition coefficient (Wildman–Crippen LogP) is 3.07. The number of para-hydroxylation sites is 1. The van der Waals surface area contributed by atoms with Gasteiger partial charge in [-0.2, -0.15) is 0 Å². The van der Waals surface area contributed by atoms with Gasteiger partial charge in [-0.15, -0.1) is 0 Å². The van der Waals surface area contributed by atoms with E-state index in [1.54, 1.807) is 36.5 Å². The van der Waals surface area contributed by atoms with E-state index in [2.05, 4.69) is 30.5 Å². The number of fused-ring (bicyclic) bond motifs is 1. The number of aromatic nitrogens is 3. The molecule has 37 heavy (non-hydrogen) atoms. The molecule has 3 aromatic heterocycles. The number of H-pyrrole nitrogens is 1. The van der Waals surface area contributed by atoms with Gasteiger partial charge in [-0.3, -0.25) is 4.79 Å².